The number of hydrogen-bond donors (Lipinski definition) is 0. The van der Waals surface area contributed by atoms with E-state index in [1.54, 1.807) is 11.4 Å². The van der Waals surface area contributed by atoms with Crippen LogP contribution in [-0.4, -0.2) is 36.2 Å². The highest BCUT2D eigenvalue weighted by atomic mass is 79.9. The highest BCUT2D eigenvalue weighted by Gasteiger charge is 2.19. The first-order chi connectivity index (χ1) is 7.54. The molecule has 90 valence electrons. The molecule has 1 aromatic heterocycles. The summed E-state index contributed by atoms with van der Waals surface area (Å²) in [5.74, 6) is -0.271. The van der Waals surface area contributed by atoms with Crippen molar-refractivity contribution < 1.29 is 13.6 Å². The van der Waals surface area contributed by atoms with Gasteiger partial charge in [0.05, 0.1) is 15.9 Å². The predicted octanol–water partition coefficient (Wildman–Crippen LogP) is 3.46. The Morgan fingerprint density at radius 2 is 2.31 bits per heavy atom. The molecule has 0 N–H and O–H groups in total. The molecule has 0 unspecified atom stereocenters. The first-order valence-corrected chi connectivity index (χ1v) is 6.62. The molecule has 0 aliphatic rings. The first kappa shape index (κ1) is 13.9. The van der Waals surface area contributed by atoms with Crippen molar-refractivity contribution in [1.82, 2.24) is 4.90 Å². The molecule has 0 saturated carbocycles. The molecule has 0 fully saturated rings. The summed E-state index contributed by atoms with van der Waals surface area (Å²) in [4.78, 5) is 12.9. The molecular formula is C9H9BrClF2NOS. The van der Waals surface area contributed by atoms with E-state index in [2.05, 4.69) is 15.9 Å². The Morgan fingerprint density at radius 3 is 2.75 bits per heavy atom. The van der Waals surface area contributed by atoms with Crippen LogP contribution in [0, 0.1) is 0 Å². The van der Waals surface area contributed by atoms with Crippen LogP contribution in [0.3, 0.4) is 0 Å². The lowest BCUT2D eigenvalue weighted by atomic mass is 10.3. The van der Waals surface area contributed by atoms with E-state index in [0.29, 0.717) is 5.56 Å². The number of carbonyl (C=O) groups is 1. The lowest BCUT2D eigenvalue weighted by molar-refractivity contribution is 0.0571. The highest BCUT2D eigenvalue weighted by molar-refractivity contribution is 9.11. The van der Waals surface area contributed by atoms with Crippen molar-refractivity contribution in [3.63, 3.8) is 0 Å². The van der Waals surface area contributed by atoms with Crippen LogP contribution < -0.4 is 0 Å². The van der Waals surface area contributed by atoms with Crippen LogP contribution in [0.4, 0.5) is 8.78 Å². The Morgan fingerprint density at radius 1 is 1.62 bits per heavy atom. The summed E-state index contributed by atoms with van der Waals surface area (Å²) >= 11 is 10.0. The molecule has 0 atom stereocenters. The molecule has 0 spiro atoms. The summed E-state index contributed by atoms with van der Waals surface area (Å²) in [6.07, 6.45) is -2.55. The standard InChI is InChI=1S/C9H9BrClF2NOS/c10-7-3-6(5-16-7)9(15)14(2-1-11)4-8(12)13/h3,5,8H,1-2,4H2. The van der Waals surface area contributed by atoms with Crippen molar-refractivity contribution in [3.8, 4) is 0 Å². The number of carbonyl (C=O) groups excluding carboxylic acids is 1. The summed E-state index contributed by atoms with van der Waals surface area (Å²) in [6, 6.07) is 1.61. The van der Waals surface area contributed by atoms with Crippen molar-refractivity contribution in [2.45, 2.75) is 6.43 Å². The molecule has 1 aromatic rings. The number of hydrogen-bond acceptors (Lipinski definition) is 2. The molecule has 0 aliphatic heterocycles. The van der Waals surface area contributed by atoms with Gasteiger partial charge in [-0.1, -0.05) is 0 Å². The zero-order valence-electron chi connectivity index (χ0n) is 8.13. The minimum Gasteiger partial charge on any atom is -0.332 e. The molecule has 7 heteroatoms. The van der Waals surface area contributed by atoms with Crippen molar-refractivity contribution in [2.24, 2.45) is 0 Å². The summed E-state index contributed by atoms with van der Waals surface area (Å²) in [5.41, 5.74) is 0.405. The fraction of sp³-hybridized carbons (Fsp3) is 0.444. The van der Waals surface area contributed by atoms with Crippen molar-refractivity contribution >= 4 is 44.8 Å². The normalized spacial score (nSPS) is 10.8. The zero-order chi connectivity index (χ0) is 12.1. The molecule has 1 amide bonds. The summed E-state index contributed by atoms with van der Waals surface area (Å²) < 4.78 is 25.3. The quantitative estimate of drug-likeness (QED) is 0.756. The predicted molar refractivity (Wildman–Crippen MR) is 64.6 cm³/mol. The molecule has 0 bridgehead atoms. The Balaban J connectivity index is 2.74. The van der Waals surface area contributed by atoms with Gasteiger partial charge in [-0.2, -0.15) is 0 Å². The maximum Gasteiger partial charge on any atom is 0.255 e. The minimum absolute atomic E-state index is 0.123. The second kappa shape index (κ2) is 6.51. The number of rotatable bonds is 5. The van der Waals surface area contributed by atoms with Crippen molar-refractivity contribution in [1.29, 1.82) is 0 Å². The van der Waals surface area contributed by atoms with E-state index in [4.69, 9.17) is 11.6 Å². The molecule has 1 heterocycles. The summed E-state index contributed by atoms with van der Waals surface area (Å²) in [7, 11) is 0. The van der Waals surface area contributed by atoms with E-state index in [0.717, 1.165) is 8.69 Å². The van der Waals surface area contributed by atoms with Gasteiger partial charge in [0.2, 0.25) is 0 Å². The third-order valence-corrected chi connectivity index (χ3v) is 3.49. The molecule has 16 heavy (non-hydrogen) atoms. The van der Waals surface area contributed by atoms with Gasteiger partial charge in [-0.25, -0.2) is 8.78 Å². The maximum atomic E-state index is 12.2. The van der Waals surface area contributed by atoms with Crippen LogP contribution in [0.15, 0.2) is 15.2 Å². The first-order valence-electron chi connectivity index (χ1n) is 4.42. The van der Waals surface area contributed by atoms with Gasteiger partial charge < -0.3 is 4.90 Å². The fourth-order valence-electron chi connectivity index (χ4n) is 1.15. The van der Waals surface area contributed by atoms with Crippen LogP contribution in [0.5, 0.6) is 0 Å². The summed E-state index contributed by atoms with van der Waals surface area (Å²) in [6.45, 7) is -0.461. The lowest BCUT2D eigenvalue weighted by Crippen LogP contribution is -2.36. The van der Waals surface area contributed by atoms with Crippen LogP contribution in [0.25, 0.3) is 0 Å². The maximum absolute atomic E-state index is 12.2. The minimum atomic E-state index is -2.55. The van der Waals surface area contributed by atoms with Crippen LogP contribution in [0.2, 0.25) is 0 Å². The van der Waals surface area contributed by atoms with Crippen molar-refractivity contribution in [2.75, 3.05) is 19.0 Å². The number of alkyl halides is 3. The zero-order valence-corrected chi connectivity index (χ0v) is 11.3. The topological polar surface area (TPSA) is 20.3 Å². The number of amides is 1. The fourth-order valence-corrected chi connectivity index (χ4v) is 2.48. The molecule has 0 aliphatic carbocycles. The van der Waals surface area contributed by atoms with Gasteiger partial charge in [0.1, 0.15) is 0 Å². The van der Waals surface area contributed by atoms with Gasteiger partial charge >= 0.3 is 0 Å². The van der Waals surface area contributed by atoms with Gasteiger partial charge in [0.15, 0.2) is 0 Å². The van der Waals surface area contributed by atoms with E-state index >= 15 is 0 Å². The van der Waals surface area contributed by atoms with Gasteiger partial charge in [-0.05, 0) is 22.0 Å². The number of thiophene rings is 1. The van der Waals surface area contributed by atoms with Crippen LogP contribution in [0.1, 0.15) is 10.4 Å². The van der Waals surface area contributed by atoms with E-state index in [9.17, 15) is 13.6 Å². The Labute approximate surface area is 109 Å². The van der Waals surface area contributed by atoms with E-state index in [1.165, 1.54) is 11.3 Å². The third kappa shape index (κ3) is 3.99. The van der Waals surface area contributed by atoms with Crippen LogP contribution >= 0.6 is 38.9 Å². The van der Waals surface area contributed by atoms with E-state index in [1.807, 2.05) is 0 Å². The van der Waals surface area contributed by atoms with Crippen LogP contribution in [-0.2, 0) is 0 Å². The number of nitrogens with zero attached hydrogens (tertiary/aromatic N) is 1. The van der Waals surface area contributed by atoms with Gasteiger partial charge in [0, 0.05) is 17.8 Å². The van der Waals surface area contributed by atoms with Gasteiger partial charge in [-0.3, -0.25) is 4.79 Å². The number of halogens is 4. The Kier molecular flexibility index (Phi) is 5.64. The average Bonchev–Trinajstić information content (AvgIpc) is 2.62. The molecule has 0 radical (unpaired) electrons. The summed E-state index contributed by atoms with van der Waals surface area (Å²) in [5, 5.41) is 1.62. The Hall–Kier alpha value is -0.200. The monoisotopic (exact) mass is 331 g/mol. The second-order valence-corrected chi connectivity index (χ2v) is 5.64. The average molecular weight is 333 g/mol. The molecule has 0 saturated heterocycles. The van der Waals surface area contributed by atoms with Gasteiger partial charge in [0.25, 0.3) is 12.3 Å². The highest BCUT2D eigenvalue weighted by Crippen LogP contribution is 2.22. The smallest absolute Gasteiger partial charge is 0.255 e. The second-order valence-electron chi connectivity index (χ2n) is 2.97. The van der Waals surface area contributed by atoms with Gasteiger partial charge in [-0.15, -0.1) is 22.9 Å². The molecule has 1 rings (SSSR count). The SMILES string of the molecule is O=C(c1csc(Br)c1)N(CCCl)CC(F)F. The van der Waals surface area contributed by atoms with E-state index in [-0.39, 0.29) is 12.4 Å². The Bertz CT molecular complexity index is 361. The lowest BCUT2D eigenvalue weighted by Gasteiger charge is -2.20. The third-order valence-electron chi connectivity index (χ3n) is 1.81. The largest absolute Gasteiger partial charge is 0.332 e. The molecular weight excluding hydrogens is 324 g/mol. The molecule has 2 nitrogen and oxygen atoms in total. The molecule has 0 aromatic carbocycles. The van der Waals surface area contributed by atoms with E-state index < -0.39 is 18.9 Å². The van der Waals surface area contributed by atoms with Crippen molar-refractivity contribution in [3.05, 3.63) is 20.8 Å².